The van der Waals surface area contributed by atoms with Crippen molar-refractivity contribution in [3.05, 3.63) is 60.2 Å². The number of nitrogens with one attached hydrogen (secondary N) is 1. The highest BCUT2D eigenvalue weighted by atomic mass is 32.2. The summed E-state index contributed by atoms with van der Waals surface area (Å²) >= 11 is 4.46. The third-order valence-corrected chi connectivity index (χ3v) is 7.86. The SMILES string of the molecule is COc1ccc(-c2csc3ncnc(SC(C)C(=O)Nc4nc5ccccc5s4)c23)cc1. The zero-order chi connectivity index (χ0) is 22.1. The highest BCUT2D eigenvalue weighted by Gasteiger charge is 2.21. The van der Waals surface area contributed by atoms with E-state index in [9.17, 15) is 4.79 Å². The van der Waals surface area contributed by atoms with E-state index in [0.29, 0.717) is 5.13 Å². The van der Waals surface area contributed by atoms with Gasteiger partial charge in [0, 0.05) is 10.9 Å². The molecule has 1 unspecified atom stereocenters. The number of benzene rings is 2. The molecule has 2 aromatic carbocycles. The van der Waals surface area contributed by atoms with Crippen molar-refractivity contribution in [3.63, 3.8) is 0 Å². The van der Waals surface area contributed by atoms with Crippen LogP contribution in [0.3, 0.4) is 0 Å². The number of para-hydroxylation sites is 1. The van der Waals surface area contributed by atoms with Gasteiger partial charge in [-0.25, -0.2) is 15.0 Å². The Morgan fingerprint density at radius 2 is 1.94 bits per heavy atom. The zero-order valence-corrected chi connectivity index (χ0v) is 19.7. The average Bonchev–Trinajstić information content (AvgIpc) is 3.43. The van der Waals surface area contributed by atoms with Gasteiger partial charge in [0.2, 0.25) is 5.91 Å². The van der Waals surface area contributed by atoms with Crippen LogP contribution in [0.2, 0.25) is 0 Å². The molecule has 5 rings (SSSR count). The lowest BCUT2D eigenvalue weighted by molar-refractivity contribution is -0.115. The number of methoxy groups -OCH3 is 1. The van der Waals surface area contributed by atoms with Crippen LogP contribution in [0.5, 0.6) is 5.75 Å². The maximum atomic E-state index is 12.9. The second-order valence-electron chi connectivity index (χ2n) is 6.97. The van der Waals surface area contributed by atoms with Gasteiger partial charge >= 0.3 is 0 Å². The highest BCUT2D eigenvalue weighted by molar-refractivity contribution is 8.00. The van der Waals surface area contributed by atoms with Crippen LogP contribution >= 0.6 is 34.4 Å². The van der Waals surface area contributed by atoms with Gasteiger partial charge in [-0.15, -0.1) is 11.3 Å². The number of hydrogen-bond acceptors (Lipinski definition) is 8. The molecule has 0 aliphatic heterocycles. The van der Waals surface area contributed by atoms with Crippen LogP contribution in [-0.4, -0.2) is 33.2 Å². The van der Waals surface area contributed by atoms with Crippen molar-refractivity contribution < 1.29 is 9.53 Å². The molecule has 0 aliphatic carbocycles. The van der Waals surface area contributed by atoms with Crippen LogP contribution < -0.4 is 10.1 Å². The summed E-state index contributed by atoms with van der Waals surface area (Å²) in [6.07, 6.45) is 1.55. The average molecular weight is 479 g/mol. The first-order chi connectivity index (χ1) is 15.6. The van der Waals surface area contributed by atoms with Crippen molar-refractivity contribution >= 4 is 65.9 Å². The summed E-state index contributed by atoms with van der Waals surface area (Å²) in [7, 11) is 1.65. The van der Waals surface area contributed by atoms with Gasteiger partial charge in [0.15, 0.2) is 5.13 Å². The number of hydrogen-bond donors (Lipinski definition) is 1. The number of anilines is 1. The molecule has 3 heterocycles. The van der Waals surface area contributed by atoms with Crippen LogP contribution in [-0.2, 0) is 4.79 Å². The third kappa shape index (κ3) is 4.06. The summed E-state index contributed by atoms with van der Waals surface area (Å²) in [4.78, 5) is 27.2. The van der Waals surface area contributed by atoms with Gasteiger partial charge in [-0.2, -0.15) is 0 Å². The number of amides is 1. The fourth-order valence-electron chi connectivity index (χ4n) is 3.27. The number of carbonyl (C=O) groups excluding carboxylic acids is 1. The second kappa shape index (κ2) is 8.85. The van der Waals surface area contributed by atoms with Crippen molar-refractivity contribution in [1.29, 1.82) is 0 Å². The molecule has 160 valence electrons. The van der Waals surface area contributed by atoms with Gasteiger partial charge in [-0.05, 0) is 36.8 Å². The standard InChI is InChI=1S/C23H18N4O2S3/c1-13(20(28)27-23-26-17-5-3-4-6-18(17)32-23)31-22-19-16(11-30-21(19)24-12-25-22)14-7-9-15(29-2)10-8-14/h3-13H,1-2H3,(H,26,27,28). The second-order valence-corrected chi connectivity index (χ2v) is 10.2. The van der Waals surface area contributed by atoms with Gasteiger partial charge < -0.3 is 10.1 Å². The summed E-state index contributed by atoms with van der Waals surface area (Å²) < 4.78 is 6.31. The van der Waals surface area contributed by atoms with Crippen molar-refractivity contribution in [2.45, 2.75) is 17.2 Å². The van der Waals surface area contributed by atoms with Crippen molar-refractivity contribution in [2.24, 2.45) is 0 Å². The molecule has 0 aliphatic rings. The first kappa shape index (κ1) is 20.9. The quantitative estimate of drug-likeness (QED) is 0.235. The maximum Gasteiger partial charge on any atom is 0.239 e. The minimum Gasteiger partial charge on any atom is -0.497 e. The van der Waals surface area contributed by atoms with E-state index >= 15 is 0 Å². The molecular weight excluding hydrogens is 460 g/mol. The van der Waals surface area contributed by atoms with Crippen LogP contribution in [0.15, 0.2) is 65.3 Å². The molecule has 1 amide bonds. The lowest BCUT2D eigenvalue weighted by Gasteiger charge is -2.11. The Hall–Kier alpha value is -3.01. The molecule has 0 spiro atoms. The molecule has 3 aromatic heterocycles. The highest BCUT2D eigenvalue weighted by Crippen LogP contribution is 2.39. The number of thioether (sulfide) groups is 1. The van der Waals surface area contributed by atoms with Crippen LogP contribution in [0, 0.1) is 0 Å². The minimum absolute atomic E-state index is 0.109. The normalized spacial score (nSPS) is 12.2. The van der Waals surface area contributed by atoms with E-state index in [1.54, 1.807) is 24.8 Å². The largest absolute Gasteiger partial charge is 0.497 e. The lowest BCUT2D eigenvalue weighted by Crippen LogP contribution is -2.22. The molecular formula is C23H18N4O2S3. The monoisotopic (exact) mass is 478 g/mol. The smallest absolute Gasteiger partial charge is 0.239 e. The van der Waals surface area contributed by atoms with Gasteiger partial charge in [0.1, 0.15) is 21.9 Å². The molecule has 0 saturated carbocycles. The van der Waals surface area contributed by atoms with E-state index in [2.05, 4.69) is 25.6 Å². The molecule has 32 heavy (non-hydrogen) atoms. The fourth-order valence-corrected chi connectivity index (χ4v) is 6.06. The Morgan fingerprint density at radius 3 is 2.72 bits per heavy atom. The summed E-state index contributed by atoms with van der Waals surface area (Å²) in [5.74, 6) is 0.696. The molecule has 6 nitrogen and oxygen atoms in total. The zero-order valence-electron chi connectivity index (χ0n) is 17.2. The Bertz CT molecular complexity index is 1380. The van der Waals surface area contributed by atoms with Gasteiger partial charge in [0.05, 0.1) is 28.0 Å². The van der Waals surface area contributed by atoms with E-state index in [-0.39, 0.29) is 11.2 Å². The summed E-state index contributed by atoms with van der Waals surface area (Å²) in [5, 5.41) is 7.02. The topological polar surface area (TPSA) is 77.0 Å². The Morgan fingerprint density at radius 1 is 1.12 bits per heavy atom. The number of rotatable bonds is 6. The molecule has 0 fully saturated rings. The van der Waals surface area contributed by atoms with E-state index in [1.807, 2.05) is 55.5 Å². The summed E-state index contributed by atoms with van der Waals surface area (Å²) in [6.45, 7) is 1.88. The van der Waals surface area contributed by atoms with Crippen LogP contribution in [0.1, 0.15) is 6.92 Å². The first-order valence-corrected chi connectivity index (χ1v) is 12.4. The Labute approximate surface area is 196 Å². The van der Waals surface area contributed by atoms with E-state index in [0.717, 1.165) is 42.3 Å². The third-order valence-electron chi connectivity index (χ3n) is 4.92. The molecule has 9 heteroatoms. The van der Waals surface area contributed by atoms with Crippen molar-refractivity contribution in [1.82, 2.24) is 15.0 Å². The van der Waals surface area contributed by atoms with Crippen molar-refractivity contribution in [2.75, 3.05) is 12.4 Å². The molecule has 5 aromatic rings. The molecule has 0 bridgehead atoms. The number of carbonyl (C=O) groups is 1. The summed E-state index contributed by atoms with van der Waals surface area (Å²) in [6, 6.07) is 15.7. The predicted molar refractivity (Wildman–Crippen MR) is 133 cm³/mol. The Kier molecular flexibility index (Phi) is 5.77. The van der Waals surface area contributed by atoms with Crippen LogP contribution in [0.4, 0.5) is 5.13 Å². The number of ether oxygens (including phenoxy) is 1. The number of aromatic nitrogens is 3. The van der Waals surface area contributed by atoms with E-state index in [1.165, 1.54) is 23.1 Å². The maximum absolute atomic E-state index is 12.9. The van der Waals surface area contributed by atoms with E-state index in [4.69, 9.17) is 4.74 Å². The molecule has 0 radical (unpaired) electrons. The lowest BCUT2D eigenvalue weighted by atomic mass is 10.1. The number of nitrogens with zero attached hydrogens (tertiary/aromatic N) is 3. The molecule has 0 saturated heterocycles. The number of thiophene rings is 1. The summed E-state index contributed by atoms with van der Waals surface area (Å²) in [5.41, 5.74) is 2.99. The van der Waals surface area contributed by atoms with Gasteiger partial charge in [-0.3, -0.25) is 4.79 Å². The van der Waals surface area contributed by atoms with Gasteiger partial charge in [-0.1, -0.05) is 47.4 Å². The van der Waals surface area contributed by atoms with Crippen molar-refractivity contribution in [3.8, 4) is 16.9 Å². The predicted octanol–water partition coefficient (Wildman–Crippen LogP) is 6.10. The minimum atomic E-state index is -0.358. The van der Waals surface area contributed by atoms with E-state index < -0.39 is 0 Å². The molecule has 1 atom stereocenters. The van der Waals surface area contributed by atoms with Crippen LogP contribution in [0.25, 0.3) is 31.6 Å². The number of fused-ring (bicyclic) bond motifs is 2. The van der Waals surface area contributed by atoms with Gasteiger partial charge in [0.25, 0.3) is 0 Å². The number of thiazole rings is 1. The molecule has 1 N–H and O–H groups in total. The first-order valence-electron chi connectivity index (χ1n) is 9.82. The Balaban J connectivity index is 1.40. The fraction of sp³-hybridized carbons (Fsp3) is 0.130.